The normalized spacial score (nSPS) is 16.2. The molecule has 1 aliphatic carbocycles. The molecule has 0 saturated heterocycles. The molecule has 0 heterocycles. The minimum Gasteiger partial charge on any atom is -0.389 e. The van der Waals surface area contributed by atoms with Gasteiger partial charge >= 0.3 is 0 Å². The van der Waals surface area contributed by atoms with E-state index < -0.39 is 0 Å². The molecule has 1 aliphatic rings. The maximum atomic E-state index is 11.9. The van der Waals surface area contributed by atoms with Crippen molar-refractivity contribution in [2.75, 3.05) is 11.9 Å². The number of nitrogens with one attached hydrogen (secondary N) is 1. The molecule has 0 bridgehead atoms. The number of ether oxygens (including phenoxy) is 1. The molecule has 1 fully saturated rings. The molecule has 4 nitrogen and oxygen atoms in total. The quantitative estimate of drug-likeness (QED) is 0.648. The Morgan fingerprint density at radius 3 is 2.38 bits per heavy atom. The van der Waals surface area contributed by atoms with Crippen molar-refractivity contribution < 1.29 is 9.53 Å². The number of hydrogen-bond donors (Lipinski definition) is 2. The largest absolute Gasteiger partial charge is 0.389 e. The van der Waals surface area contributed by atoms with E-state index in [1.54, 1.807) is 24.3 Å². The van der Waals surface area contributed by atoms with Crippen molar-refractivity contribution in [1.29, 1.82) is 0 Å². The summed E-state index contributed by atoms with van der Waals surface area (Å²) in [4.78, 5) is 12.2. The summed E-state index contributed by atoms with van der Waals surface area (Å²) in [6, 6.07) is 7.17. The summed E-state index contributed by atoms with van der Waals surface area (Å²) in [5.41, 5.74) is 7.05. The Labute approximate surface area is 131 Å². The van der Waals surface area contributed by atoms with Gasteiger partial charge in [-0.1, -0.05) is 37.9 Å². The Kier molecular flexibility index (Phi) is 6.14. The fraction of sp³-hybridized carbons (Fsp3) is 0.500. The van der Waals surface area contributed by atoms with Gasteiger partial charge in [0.25, 0.3) is 0 Å². The predicted octanol–water partition coefficient (Wildman–Crippen LogP) is 3.00. The van der Waals surface area contributed by atoms with Crippen molar-refractivity contribution in [2.24, 2.45) is 5.73 Å². The number of thiocarbonyl (C=S) groups is 1. The standard InChI is InChI=1S/C16H22N2O2S/c17-16(21)12-7-9-13(10-8-12)18-15(19)11-20-14-5-3-1-2-4-6-14/h7-10,14H,1-6,11H2,(H2,17,21)(H,18,19). The number of carbonyl (C=O) groups excluding carboxylic acids is 1. The van der Waals surface area contributed by atoms with Crippen LogP contribution in [-0.4, -0.2) is 23.6 Å². The van der Waals surface area contributed by atoms with Crippen LogP contribution in [0.1, 0.15) is 44.1 Å². The Bertz CT molecular complexity index is 480. The SMILES string of the molecule is NC(=S)c1ccc(NC(=O)COC2CCCCCC2)cc1. The lowest BCUT2D eigenvalue weighted by Gasteiger charge is -2.15. The van der Waals surface area contributed by atoms with Crippen molar-refractivity contribution in [3.05, 3.63) is 29.8 Å². The minimum absolute atomic E-state index is 0.113. The summed E-state index contributed by atoms with van der Waals surface area (Å²) in [6.07, 6.45) is 7.32. The van der Waals surface area contributed by atoms with Crippen molar-refractivity contribution in [2.45, 2.75) is 44.6 Å². The van der Waals surface area contributed by atoms with E-state index in [1.807, 2.05) is 0 Å². The zero-order valence-electron chi connectivity index (χ0n) is 12.1. The highest BCUT2D eigenvalue weighted by Gasteiger charge is 2.14. The zero-order valence-corrected chi connectivity index (χ0v) is 13.0. The molecule has 1 aromatic rings. The van der Waals surface area contributed by atoms with Crippen LogP contribution in [0.2, 0.25) is 0 Å². The van der Waals surface area contributed by atoms with E-state index in [4.69, 9.17) is 22.7 Å². The molecule has 3 N–H and O–H groups in total. The number of hydrogen-bond acceptors (Lipinski definition) is 3. The number of carbonyl (C=O) groups is 1. The van der Waals surface area contributed by atoms with Crippen LogP contribution < -0.4 is 11.1 Å². The first-order valence-electron chi connectivity index (χ1n) is 7.46. The Morgan fingerprint density at radius 1 is 1.19 bits per heavy atom. The van der Waals surface area contributed by atoms with Crippen LogP contribution in [0, 0.1) is 0 Å². The van der Waals surface area contributed by atoms with E-state index in [1.165, 1.54) is 25.7 Å². The number of anilines is 1. The van der Waals surface area contributed by atoms with E-state index in [0.29, 0.717) is 4.99 Å². The van der Waals surface area contributed by atoms with Crippen LogP contribution in [-0.2, 0) is 9.53 Å². The first kappa shape index (κ1) is 15.9. The second kappa shape index (κ2) is 8.10. The first-order chi connectivity index (χ1) is 10.1. The molecule has 5 heteroatoms. The van der Waals surface area contributed by atoms with Crippen LogP contribution in [0.15, 0.2) is 24.3 Å². The van der Waals surface area contributed by atoms with Gasteiger partial charge in [0.15, 0.2) is 0 Å². The van der Waals surface area contributed by atoms with Crippen LogP contribution in [0.4, 0.5) is 5.69 Å². The van der Waals surface area contributed by atoms with Crippen molar-refractivity contribution in [3.63, 3.8) is 0 Å². The highest BCUT2D eigenvalue weighted by atomic mass is 32.1. The number of rotatable bonds is 5. The summed E-state index contributed by atoms with van der Waals surface area (Å²) in [5, 5.41) is 2.82. The summed E-state index contributed by atoms with van der Waals surface area (Å²) < 4.78 is 5.71. The molecule has 2 rings (SSSR count). The first-order valence-corrected chi connectivity index (χ1v) is 7.87. The van der Waals surface area contributed by atoms with Crippen LogP contribution in [0.5, 0.6) is 0 Å². The summed E-state index contributed by atoms with van der Waals surface area (Å²) in [5.74, 6) is -0.123. The molecular formula is C16H22N2O2S. The Balaban J connectivity index is 1.77. The topological polar surface area (TPSA) is 64.3 Å². The lowest BCUT2D eigenvalue weighted by Crippen LogP contribution is -2.23. The highest BCUT2D eigenvalue weighted by Crippen LogP contribution is 2.19. The smallest absolute Gasteiger partial charge is 0.250 e. The van der Waals surface area contributed by atoms with Crippen molar-refractivity contribution in [3.8, 4) is 0 Å². The molecule has 0 radical (unpaired) electrons. The van der Waals surface area contributed by atoms with Gasteiger partial charge in [-0.05, 0) is 37.1 Å². The van der Waals surface area contributed by atoms with Gasteiger partial charge in [0.1, 0.15) is 11.6 Å². The Hall–Kier alpha value is -1.46. The molecule has 0 unspecified atom stereocenters. The third-order valence-corrected chi connectivity index (χ3v) is 3.94. The molecule has 0 aliphatic heterocycles. The molecule has 0 atom stereocenters. The zero-order chi connectivity index (χ0) is 15.1. The van der Waals surface area contributed by atoms with Gasteiger partial charge in [-0.15, -0.1) is 0 Å². The average molecular weight is 306 g/mol. The molecule has 1 saturated carbocycles. The fourth-order valence-electron chi connectivity index (χ4n) is 2.52. The molecule has 114 valence electrons. The number of amides is 1. The van der Waals surface area contributed by atoms with Crippen molar-refractivity contribution in [1.82, 2.24) is 0 Å². The second-order valence-electron chi connectivity index (χ2n) is 5.41. The van der Waals surface area contributed by atoms with E-state index in [0.717, 1.165) is 24.1 Å². The minimum atomic E-state index is -0.123. The van der Waals surface area contributed by atoms with Crippen LogP contribution in [0.25, 0.3) is 0 Å². The summed E-state index contributed by atoms with van der Waals surface area (Å²) >= 11 is 4.89. The average Bonchev–Trinajstić information content (AvgIpc) is 2.74. The monoisotopic (exact) mass is 306 g/mol. The van der Waals surface area contributed by atoms with E-state index in [-0.39, 0.29) is 18.6 Å². The molecule has 21 heavy (non-hydrogen) atoms. The maximum absolute atomic E-state index is 11.9. The van der Waals surface area contributed by atoms with E-state index in [2.05, 4.69) is 5.32 Å². The number of nitrogens with two attached hydrogens (primary N) is 1. The third kappa shape index (κ3) is 5.44. The highest BCUT2D eigenvalue weighted by molar-refractivity contribution is 7.80. The van der Waals surface area contributed by atoms with Crippen LogP contribution >= 0.6 is 12.2 Å². The Morgan fingerprint density at radius 2 is 1.81 bits per heavy atom. The van der Waals surface area contributed by atoms with Crippen LogP contribution in [0.3, 0.4) is 0 Å². The van der Waals surface area contributed by atoms with E-state index >= 15 is 0 Å². The van der Waals surface area contributed by atoms with Gasteiger partial charge in [-0.25, -0.2) is 0 Å². The number of benzene rings is 1. The van der Waals surface area contributed by atoms with Gasteiger partial charge in [0, 0.05) is 11.3 Å². The molecule has 0 spiro atoms. The molecule has 0 aromatic heterocycles. The summed E-state index contributed by atoms with van der Waals surface area (Å²) in [7, 11) is 0. The maximum Gasteiger partial charge on any atom is 0.250 e. The molecule has 1 amide bonds. The van der Waals surface area contributed by atoms with E-state index in [9.17, 15) is 4.79 Å². The van der Waals surface area contributed by atoms with Gasteiger partial charge < -0.3 is 15.8 Å². The fourth-order valence-corrected chi connectivity index (χ4v) is 2.65. The van der Waals surface area contributed by atoms with Gasteiger partial charge in [0.05, 0.1) is 6.10 Å². The molecule has 1 aromatic carbocycles. The predicted molar refractivity (Wildman–Crippen MR) is 88.4 cm³/mol. The lowest BCUT2D eigenvalue weighted by atomic mass is 10.1. The lowest BCUT2D eigenvalue weighted by molar-refractivity contribution is -0.122. The van der Waals surface area contributed by atoms with Gasteiger partial charge in [0.2, 0.25) is 5.91 Å². The second-order valence-corrected chi connectivity index (χ2v) is 5.85. The van der Waals surface area contributed by atoms with Crippen molar-refractivity contribution >= 4 is 28.8 Å². The molecular weight excluding hydrogens is 284 g/mol. The van der Waals surface area contributed by atoms with Gasteiger partial charge in [-0.3, -0.25) is 4.79 Å². The third-order valence-electron chi connectivity index (χ3n) is 3.71. The van der Waals surface area contributed by atoms with Gasteiger partial charge in [-0.2, -0.15) is 0 Å². The summed E-state index contributed by atoms with van der Waals surface area (Å²) in [6.45, 7) is 0.113.